The summed E-state index contributed by atoms with van der Waals surface area (Å²) in [6.45, 7) is 4.05. The lowest BCUT2D eigenvalue weighted by molar-refractivity contribution is 0.529. The van der Waals surface area contributed by atoms with Crippen molar-refractivity contribution in [1.82, 2.24) is 19.7 Å². The van der Waals surface area contributed by atoms with Crippen molar-refractivity contribution in [3.8, 4) is 17.0 Å². The van der Waals surface area contributed by atoms with E-state index in [1.54, 1.807) is 18.0 Å². The predicted octanol–water partition coefficient (Wildman–Crippen LogP) is 4.83. The predicted molar refractivity (Wildman–Crippen MR) is 102 cm³/mol. The number of benzene rings is 2. The minimum atomic E-state index is 0.594. The van der Waals surface area contributed by atoms with Crippen molar-refractivity contribution < 1.29 is 4.42 Å². The molecule has 0 radical (unpaired) electrons. The van der Waals surface area contributed by atoms with Crippen LogP contribution in [0.2, 0.25) is 0 Å². The molecule has 0 atom stereocenters. The molecule has 6 heteroatoms. The van der Waals surface area contributed by atoms with Crippen LogP contribution >= 0.6 is 11.8 Å². The first kappa shape index (κ1) is 16.6. The van der Waals surface area contributed by atoms with E-state index < -0.39 is 0 Å². The lowest BCUT2D eigenvalue weighted by Crippen LogP contribution is -2.01. The van der Waals surface area contributed by atoms with Crippen LogP contribution in [0, 0.1) is 13.8 Å². The third kappa shape index (κ3) is 3.28. The summed E-state index contributed by atoms with van der Waals surface area (Å²) in [5.74, 6) is 2.90. The highest BCUT2D eigenvalue weighted by Crippen LogP contribution is 2.28. The van der Waals surface area contributed by atoms with Gasteiger partial charge in [-0.1, -0.05) is 60.3 Å². The molecular weight excluding hydrogens is 344 g/mol. The average Bonchev–Trinajstić information content (AvgIpc) is 3.28. The van der Waals surface area contributed by atoms with E-state index in [4.69, 9.17) is 4.42 Å². The van der Waals surface area contributed by atoms with Gasteiger partial charge in [-0.15, -0.1) is 10.2 Å². The van der Waals surface area contributed by atoms with E-state index in [9.17, 15) is 0 Å². The number of hydrogen-bond donors (Lipinski definition) is 0. The Morgan fingerprint density at radius 1 is 0.962 bits per heavy atom. The van der Waals surface area contributed by atoms with Gasteiger partial charge >= 0.3 is 0 Å². The molecule has 0 unspecified atom stereocenters. The number of nitrogens with zero attached hydrogens (tertiary/aromatic N) is 4. The first-order valence-electron chi connectivity index (χ1n) is 8.33. The largest absolute Gasteiger partial charge is 0.440 e. The zero-order valence-electron chi connectivity index (χ0n) is 14.6. The highest BCUT2D eigenvalue weighted by molar-refractivity contribution is 7.98. The molecule has 0 spiro atoms. The van der Waals surface area contributed by atoms with Crippen molar-refractivity contribution in [2.24, 2.45) is 0 Å². The first-order chi connectivity index (χ1) is 12.7. The van der Waals surface area contributed by atoms with Gasteiger partial charge < -0.3 is 4.42 Å². The van der Waals surface area contributed by atoms with E-state index in [1.165, 1.54) is 5.56 Å². The molecule has 0 bridgehead atoms. The Morgan fingerprint density at radius 3 is 2.54 bits per heavy atom. The molecule has 26 heavy (non-hydrogen) atoms. The fourth-order valence-electron chi connectivity index (χ4n) is 2.77. The standard InChI is InChI=1S/C20H18N4OS/c1-14-8-6-7-11-17(14)24-15(2)22-23-20(24)26-13-19-21-12-18(25-19)16-9-4-3-5-10-16/h3-12H,13H2,1-2H3. The van der Waals surface area contributed by atoms with Crippen molar-refractivity contribution in [2.45, 2.75) is 24.8 Å². The summed E-state index contributed by atoms with van der Waals surface area (Å²) < 4.78 is 7.95. The molecule has 0 fully saturated rings. The number of oxazole rings is 1. The van der Waals surface area contributed by atoms with Gasteiger partial charge in [-0.05, 0) is 25.5 Å². The highest BCUT2D eigenvalue weighted by atomic mass is 32.2. The van der Waals surface area contributed by atoms with Crippen molar-refractivity contribution in [1.29, 1.82) is 0 Å². The molecule has 5 nitrogen and oxygen atoms in total. The molecule has 4 rings (SSSR count). The molecule has 2 aromatic heterocycles. The van der Waals surface area contributed by atoms with E-state index in [1.807, 2.05) is 49.4 Å². The third-order valence-electron chi connectivity index (χ3n) is 4.09. The van der Waals surface area contributed by atoms with E-state index in [0.29, 0.717) is 11.6 Å². The second-order valence-corrected chi connectivity index (χ2v) is 6.87. The maximum absolute atomic E-state index is 5.88. The molecule has 0 N–H and O–H groups in total. The Bertz CT molecular complexity index is 1020. The summed E-state index contributed by atoms with van der Waals surface area (Å²) in [7, 11) is 0. The van der Waals surface area contributed by atoms with Crippen molar-refractivity contribution in [3.63, 3.8) is 0 Å². The van der Waals surface area contributed by atoms with Crippen LogP contribution in [0.15, 0.2) is 70.4 Å². The van der Waals surface area contributed by atoms with Gasteiger partial charge in [0.05, 0.1) is 17.6 Å². The van der Waals surface area contributed by atoms with E-state index >= 15 is 0 Å². The number of hydrogen-bond acceptors (Lipinski definition) is 5. The Morgan fingerprint density at radius 2 is 1.73 bits per heavy atom. The smallest absolute Gasteiger partial charge is 0.205 e. The fourth-order valence-corrected chi connectivity index (χ4v) is 3.61. The van der Waals surface area contributed by atoms with Crippen LogP contribution in [-0.4, -0.2) is 19.7 Å². The monoisotopic (exact) mass is 362 g/mol. The van der Waals surface area contributed by atoms with Gasteiger partial charge in [-0.3, -0.25) is 4.57 Å². The van der Waals surface area contributed by atoms with Crippen LogP contribution in [0.3, 0.4) is 0 Å². The van der Waals surface area contributed by atoms with Crippen LogP contribution in [-0.2, 0) is 5.75 Å². The quantitative estimate of drug-likeness (QED) is 0.476. The molecular formula is C20H18N4OS. The Hall–Kier alpha value is -2.86. The minimum Gasteiger partial charge on any atom is -0.440 e. The molecule has 0 aliphatic rings. The van der Waals surface area contributed by atoms with Gasteiger partial charge in [0, 0.05) is 5.56 Å². The number of para-hydroxylation sites is 1. The number of aryl methyl sites for hydroxylation is 2. The van der Waals surface area contributed by atoms with Crippen LogP contribution in [0.4, 0.5) is 0 Å². The highest BCUT2D eigenvalue weighted by Gasteiger charge is 2.14. The summed E-state index contributed by atoms with van der Waals surface area (Å²) >= 11 is 1.57. The van der Waals surface area contributed by atoms with Crippen LogP contribution in [0.5, 0.6) is 0 Å². The first-order valence-corrected chi connectivity index (χ1v) is 9.32. The summed E-state index contributed by atoms with van der Waals surface area (Å²) in [6.07, 6.45) is 1.77. The minimum absolute atomic E-state index is 0.594. The average molecular weight is 362 g/mol. The summed E-state index contributed by atoms with van der Waals surface area (Å²) in [4.78, 5) is 4.39. The number of rotatable bonds is 5. The van der Waals surface area contributed by atoms with Crippen molar-refractivity contribution >= 4 is 11.8 Å². The Kier molecular flexibility index (Phi) is 4.58. The van der Waals surface area contributed by atoms with Crippen LogP contribution in [0.25, 0.3) is 17.0 Å². The lowest BCUT2D eigenvalue weighted by Gasteiger charge is -2.10. The molecule has 2 heterocycles. The maximum atomic E-state index is 5.88. The van der Waals surface area contributed by atoms with E-state index in [2.05, 4.69) is 38.8 Å². The number of thioether (sulfide) groups is 1. The van der Waals surface area contributed by atoms with Gasteiger partial charge in [-0.25, -0.2) is 4.98 Å². The maximum Gasteiger partial charge on any atom is 0.205 e. The van der Waals surface area contributed by atoms with Gasteiger partial charge in [0.2, 0.25) is 5.89 Å². The fraction of sp³-hybridized carbons (Fsp3) is 0.150. The molecule has 4 aromatic rings. The zero-order chi connectivity index (χ0) is 17.9. The molecule has 0 aliphatic carbocycles. The summed E-state index contributed by atoms with van der Waals surface area (Å²) in [5.41, 5.74) is 3.30. The SMILES string of the molecule is Cc1ccccc1-n1c(C)nnc1SCc1ncc(-c2ccccc2)o1. The molecule has 0 aliphatic heterocycles. The number of aromatic nitrogens is 4. The van der Waals surface area contributed by atoms with Crippen LogP contribution in [0.1, 0.15) is 17.3 Å². The molecule has 0 saturated heterocycles. The Balaban J connectivity index is 1.55. The summed E-state index contributed by atoms with van der Waals surface area (Å²) in [6, 6.07) is 18.2. The Labute approximate surface area is 156 Å². The van der Waals surface area contributed by atoms with Gasteiger partial charge in [0.1, 0.15) is 5.82 Å². The molecule has 0 saturated carbocycles. The lowest BCUT2D eigenvalue weighted by atomic mass is 10.2. The van der Waals surface area contributed by atoms with Gasteiger partial charge in [0.15, 0.2) is 10.9 Å². The topological polar surface area (TPSA) is 56.7 Å². The third-order valence-corrected chi connectivity index (χ3v) is 5.00. The van der Waals surface area contributed by atoms with Gasteiger partial charge in [0.25, 0.3) is 0 Å². The molecule has 2 aromatic carbocycles. The molecule has 130 valence electrons. The van der Waals surface area contributed by atoms with Crippen molar-refractivity contribution in [2.75, 3.05) is 0 Å². The summed E-state index contributed by atoms with van der Waals surface area (Å²) in [5, 5.41) is 9.39. The van der Waals surface area contributed by atoms with E-state index in [-0.39, 0.29) is 0 Å². The zero-order valence-corrected chi connectivity index (χ0v) is 15.4. The molecule has 0 amide bonds. The van der Waals surface area contributed by atoms with Crippen molar-refractivity contribution in [3.05, 3.63) is 78.1 Å². The van der Waals surface area contributed by atoms with Crippen LogP contribution < -0.4 is 0 Å². The second-order valence-electron chi connectivity index (χ2n) is 5.92. The normalized spacial score (nSPS) is 11.0. The van der Waals surface area contributed by atoms with E-state index in [0.717, 1.165) is 28.0 Å². The van der Waals surface area contributed by atoms with Gasteiger partial charge in [-0.2, -0.15) is 0 Å². The second kappa shape index (κ2) is 7.17.